The van der Waals surface area contributed by atoms with Crippen molar-refractivity contribution >= 4 is 34.7 Å². The third-order valence-corrected chi connectivity index (χ3v) is 5.42. The van der Waals surface area contributed by atoms with Crippen LogP contribution in [0.25, 0.3) is 0 Å². The first kappa shape index (κ1) is 19.1. The highest BCUT2D eigenvalue weighted by molar-refractivity contribution is 7.12. The number of anilines is 1. The minimum Gasteiger partial charge on any atom is -0.352 e. The third kappa shape index (κ3) is 4.74. The van der Waals surface area contributed by atoms with E-state index in [9.17, 15) is 14.4 Å². The Labute approximate surface area is 162 Å². The number of amides is 3. The summed E-state index contributed by atoms with van der Waals surface area (Å²) in [5.41, 5.74) is 1.20. The summed E-state index contributed by atoms with van der Waals surface area (Å²) in [6.07, 6.45) is 1.57. The van der Waals surface area contributed by atoms with Crippen LogP contribution in [0.1, 0.15) is 39.8 Å². The summed E-state index contributed by atoms with van der Waals surface area (Å²) in [7, 11) is 0. The topological polar surface area (TPSA) is 78.5 Å². The SMILES string of the molecule is CCNC(=O)c1ccc(NC(=O)[C@H]2CCCN(C(=O)c3cccs3)C2)cc1. The number of thiophene rings is 1. The van der Waals surface area contributed by atoms with Crippen molar-refractivity contribution in [2.24, 2.45) is 5.92 Å². The van der Waals surface area contributed by atoms with Crippen LogP contribution in [-0.2, 0) is 4.79 Å². The molecule has 0 unspecified atom stereocenters. The second kappa shape index (κ2) is 8.81. The monoisotopic (exact) mass is 385 g/mol. The fourth-order valence-corrected chi connectivity index (χ4v) is 3.83. The number of rotatable bonds is 5. The van der Waals surface area contributed by atoms with Gasteiger partial charge in [0.2, 0.25) is 5.91 Å². The molecule has 1 aromatic heterocycles. The number of nitrogens with zero attached hydrogens (tertiary/aromatic N) is 1. The van der Waals surface area contributed by atoms with Gasteiger partial charge in [-0.3, -0.25) is 14.4 Å². The van der Waals surface area contributed by atoms with Gasteiger partial charge in [0.1, 0.15) is 0 Å². The quantitative estimate of drug-likeness (QED) is 0.830. The summed E-state index contributed by atoms with van der Waals surface area (Å²) < 4.78 is 0. The van der Waals surface area contributed by atoms with Crippen LogP contribution < -0.4 is 10.6 Å². The van der Waals surface area contributed by atoms with E-state index in [1.807, 2.05) is 24.4 Å². The molecule has 3 amide bonds. The van der Waals surface area contributed by atoms with Gasteiger partial charge < -0.3 is 15.5 Å². The van der Waals surface area contributed by atoms with Gasteiger partial charge in [-0.1, -0.05) is 6.07 Å². The first-order chi connectivity index (χ1) is 13.1. The molecular formula is C20H23N3O3S. The minimum absolute atomic E-state index is 0.00575. The van der Waals surface area contributed by atoms with Crippen LogP contribution in [0.15, 0.2) is 41.8 Å². The fourth-order valence-electron chi connectivity index (χ4n) is 3.14. The van der Waals surface area contributed by atoms with Crippen molar-refractivity contribution in [3.05, 3.63) is 52.2 Å². The van der Waals surface area contributed by atoms with E-state index < -0.39 is 0 Å². The lowest BCUT2D eigenvalue weighted by atomic mass is 9.96. The van der Waals surface area contributed by atoms with Crippen LogP contribution in [0, 0.1) is 5.92 Å². The van der Waals surface area contributed by atoms with Crippen LogP contribution in [0.4, 0.5) is 5.69 Å². The number of nitrogens with one attached hydrogen (secondary N) is 2. The number of carbonyl (C=O) groups excluding carboxylic acids is 3. The van der Waals surface area contributed by atoms with Gasteiger partial charge in [0, 0.05) is 30.9 Å². The van der Waals surface area contributed by atoms with E-state index in [0.29, 0.717) is 35.8 Å². The van der Waals surface area contributed by atoms with Crippen LogP contribution in [0.3, 0.4) is 0 Å². The molecule has 1 aliphatic rings. The molecule has 1 aromatic carbocycles. The van der Waals surface area contributed by atoms with Crippen LogP contribution >= 0.6 is 11.3 Å². The molecule has 2 aromatic rings. The van der Waals surface area contributed by atoms with Crippen molar-refractivity contribution in [2.45, 2.75) is 19.8 Å². The summed E-state index contributed by atoms with van der Waals surface area (Å²) in [6.45, 7) is 3.55. The number of piperidine rings is 1. The average molecular weight is 385 g/mol. The molecule has 2 N–H and O–H groups in total. The molecule has 142 valence electrons. The largest absolute Gasteiger partial charge is 0.352 e. The molecule has 2 heterocycles. The van der Waals surface area contributed by atoms with Gasteiger partial charge in [-0.25, -0.2) is 0 Å². The number of benzene rings is 1. The molecule has 0 bridgehead atoms. The van der Waals surface area contributed by atoms with E-state index in [1.54, 1.807) is 29.2 Å². The highest BCUT2D eigenvalue weighted by atomic mass is 32.1. The zero-order valence-electron chi connectivity index (χ0n) is 15.2. The standard InChI is InChI=1S/C20H23N3O3S/c1-2-21-18(24)14-7-9-16(10-8-14)22-19(25)15-5-3-11-23(13-15)20(26)17-6-4-12-27-17/h4,6-10,12,15H,2-3,5,11,13H2,1H3,(H,21,24)(H,22,25)/t15-/m0/s1. The van der Waals surface area contributed by atoms with Gasteiger partial charge in [-0.05, 0) is 55.5 Å². The smallest absolute Gasteiger partial charge is 0.263 e. The molecule has 1 saturated heterocycles. The highest BCUT2D eigenvalue weighted by Gasteiger charge is 2.29. The van der Waals surface area contributed by atoms with Crippen molar-refractivity contribution in [3.63, 3.8) is 0 Å². The molecule has 0 aliphatic carbocycles. The van der Waals surface area contributed by atoms with E-state index >= 15 is 0 Å². The molecule has 1 aliphatic heterocycles. The zero-order chi connectivity index (χ0) is 19.2. The number of likely N-dealkylation sites (tertiary alicyclic amines) is 1. The fraction of sp³-hybridized carbons (Fsp3) is 0.350. The lowest BCUT2D eigenvalue weighted by molar-refractivity contribution is -0.121. The molecule has 27 heavy (non-hydrogen) atoms. The predicted molar refractivity (Wildman–Crippen MR) is 106 cm³/mol. The maximum atomic E-state index is 12.6. The van der Waals surface area contributed by atoms with Gasteiger partial charge >= 0.3 is 0 Å². The summed E-state index contributed by atoms with van der Waals surface area (Å²) in [4.78, 5) is 39.4. The summed E-state index contributed by atoms with van der Waals surface area (Å²) in [5.74, 6) is -0.464. The van der Waals surface area contributed by atoms with Crippen LogP contribution in [-0.4, -0.2) is 42.3 Å². The minimum atomic E-state index is -0.231. The lowest BCUT2D eigenvalue weighted by Crippen LogP contribution is -2.43. The van der Waals surface area contributed by atoms with Gasteiger partial charge in [0.25, 0.3) is 11.8 Å². The maximum absolute atomic E-state index is 12.6. The van der Waals surface area contributed by atoms with E-state index in [2.05, 4.69) is 10.6 Å². The van der Waals surface area contributed by atoms with Gasteiger partial charge in [0.05, 0.1) is 10.8 Å². The van der Waals surface area contributed by atoms with E-state index in [-0.39, 0.29) is 23.6 Å². The van der Waals surface area contributed by atoms with E-state index in [4.69, 9.17) is 0 Å². The van der Waals surface area contributed by atoms with Crippen molar-refractivity contribution in [1.82, 2.24) is 10.2 Å². The molecule has 6 nitrogen and oxygen atoms in total. The Bertz CT molecular complexity index is 802. The third-order valence-electron chi connectivity index (χ3n) is 4.56. The average Bonchev–Trinajstić information content (AvgIpc) is 3.23. The molecule has 0 saturated carbocycles. The number of hydrogen-bond acceptors (Lipinski definition) is 4. The van der Waals surface area contributed by atoms with E-state index in [0.717, 1.165) is 12.8 Å². The van der Waals surface area contributed by atoms with Gasteiger partial charge in [-0.2, -0.15) is 0 Å². The highest BCUT2D eigenvalue weighted by Crippen LogP contribution is 2.22. The molecule has 0 spiro atoms. The predicted octanol–water partition coefficient (Wildman–Crippen LogP) is 2.99. The Hall–Kier alpha value is -2.67. The molecular weight excluding hydrogens is 362 g/mol. The number of hydrogen-bond donors (Lipinski definition) is 2. The van der Waals surface area contributed by atoms with Crippen LogP contribution in [0.5, 0.6) is 0 Å². The first-order valence-corrected chi connectivity index (χ1v) is 9.98. The summed E-state index contributed by atoms with van der Waals surface area (Å²) in [5, 5.41) is 7.52. The number of carbonyl (C=O) groups is 3. The van der Waals surface area contributed by atoms with Crippen LogP contribution in [0.2, 0.25) is 0 Å². The van der Waals surface area contributed by atoms with Crippen molar-refractivity contribution in [1.29, 1.82) is 0 Å². The molecule has 7 heteroatoms. The van der Waals surface area contributed by atoms with Crippen molar-refractivity contribution in [2.75, 3.05) is 25.0 Å². The summed E-state index contributed by atoms with van der Waals surface area (Å²) >= 11 is 1.42. The Morgan fingerprint density at radius 2 is 1.96 bits per heavy atom. The Morgan fingerprint density at radius 3 is 2.63 bits per heavy atom. The second-order valence-corrected chi connectivity index (χ2v) is 7.44. The first-order valence-electron chi connectivity index (χ1n) is 9.10. The van der Waals surface area contributed by atoms with Crippen molar-refractivity contribution in [3.8, 4) is 0 Å². The van der Waals surface area contributed by atoms with Gasteiger partial charge in [0.15, 0.2) is 0 Å². The normalized spacial score (nSPS) is 16.6. The van der Waals surface area contributed by atoms with Gasteiger partial charge in [-0.15, -0.1) is 11.3 Å². The van der Waals surface area contributed by atoms with E-state index in [1.165, 1.54) is 11.3 Å². The molecule has 3 rings (SSSR count). The maximum Gasteiger partial charge on any atom is 0.263 e. The molecule has 1 atom stereocenters. The summed E-state index contributed by atoms with van der Waals surface area (Å²) in [6, 6.07) is 10.5. The zero-order valence-corrected chi connectivity index (χ0v) is 16.1. The molecule has 1 fully saturated rings. The Kier molecular flexibility index (Phi) is 6.24. The molecule has 0 radical (unpaired) electrons. The Morgan fingerprint density at radius 1 is 1.19 bits per heavy atom. The second-order valence-electron chi connectivity index (χ2n) is 6.49. The Balaban J connectivity index is 1.59. The van der Waals surface area contributed by atoms with Crippen molar-refractivity contribution < 1.29 is 14.4 Å². The lowest BCUT2D eigenvalue weighted by Gasteiger charge is -2.31.